The Morgan fingerprint density at radius 3 is 1.30 bits per heavy atom. The molecule has 0 aromatic heterocycles. The summed E-state index contributed by atoms with van der Waals surface area (Å²) in [7, 11) is 0. The molecule has 0 saturated carbocycles. The van der Waals surface area contributed by atoms with Crippen molar-refractivity contribution in [1.82, 2.24) is 0 Å². The highest BCUT2D eigenvalue weighted by Gasteiger charge is 2.39. The molecule has 0 atom stereocenters. The predicted molar refractivity (Wildman–Crippen MR) is 109 cm³/mol. The summed E-state index contributed by atoms with van der Waals surface area (Å²) >= 11 is 0. The molecule has 0 unspecified atom stereocenters. The van der Waals surface area contributed by atoms with Crippen LogP contribution in [0.25, 0.3) is 11.1 Å². The van der Waals surface area contributed by atoms with E-state index < -0.39 is 0 Å². The average molecular weight is 346 g/mol. The van der Waals surface area contributed by atoms with Crippen molar-refractivity contribution in [3.05, 3.63) is 119 Å². The maximum Gasteiger partial charge on any atom is 0.131 e. The van der Waals surface area contributed by atoms with E-state index in [1.54, 1.807) is 0 Å². The Bertz CT molecular complexity index is 1080. The van der Waals surface area contributed by atoms with Crippen LogP contribution in [0.5, 0.6) is 11.5 Å². The molecule has 1 nitrogen and oxygen atoms in total. The molecule has 0 radical (unpaired) electrons. The Labute approximate surface area is 158 Å². The standard InChI is InChI=1S/C26H18O/c1-3-11-19-17(9-1)18-10-2-4-12-20(18)25(19)26-21-13-5-7-15-23(21)27-24-16-8-6-14-22(24)26/h1-16,25-26H. The van der Waals surface area contributed by atoms with Gasteiger partial charge in [0.05, 0.1) is 0 Å². The molecular weight excluding hydrogens is 328 g/mol. The van der Waals surface area contributed by atoms with Crippen LogP contribution in [0.1, 0.15) is 34.1 Å². The van der Waals surface area contributed by atoms with Crippen molar-refractivity contribution in [2.45, 2.75) is 11.8 Å². The predicted octanol–water partition coefficient (Wildman–Crippen LogP) is 6.74. The zero-order valence-corrected chi connectivity index (χ0v) is 14.8. The summed E-state index contributed by atoms with van der Waals surface area (Å²) in [5, 5.41) is 0. The van der Waals surface area contributed by atoms with Crippen LogP contribution in [0.3, 0.4) is 0 Å². The molecule has 0 amide bonds. The molecule has 0 N–H and O–H groups in total. The van der Waals surface area contributed by atoms with Crippen LogP contribution in [-0.2, 0) is 0 Å². The summed E-state index contributed by atoms with van der Waals surface area (Å²) in [5.74, 6) is 2.49. The van der Waals surface area contributed by atoms with Gasteiger partial charge in [-0.05, 0) is 34.4 Å². The number of para-hydroxylation sites is 2. The number of ether oxygens (including phenoxy) is 1. The largest absolute Gasteiger partial charge is 0.457 e. The summed E-state index contributed by atoms with van der Waals surface area (Å²) in [6.45, 7) is 0. The fraction of sp³-hybridized carbons (Fsp3) is 0.0769. The highest BCUT2D eigenvalue weighted by atomic mass is 16.5. The molecule has 2 aliphatic rings. The van der Waals surface area contributed by atoms with Crippen LogP contribution in [0.15, 0.2) is 97.1 Å². The van der Waals surface area contributed by atoms with Gasteiger partial charge in [0.2, 0.25) is 0 Å². The lowest BCUT2D eigenvalue weighted by molar-refractivity contribution is 0.439. The first-order valence-electron chi connectivity index (χ1n) is 9.46. The van der Waals surface area contributed by atoms with Crippen LogP contribution in [0.4, 0.5) is 0 Å². The molecule has 4 aromatic carbocycles. The van der Waals surface area contributed by atoms with E-state index in [2.05, 4.69) is 97.1 Å². The second-order valence-corrected chi connectivity index (χ2v) is 7.31. The third kappa shape index (κ3) is 2.06. The van der Waals surface area contributed by atoms with Gasteiger partial charge in [0, 0.05) is 23.0 Å². The molecule has 27 heavy (non-hydrogen) atoms. The van der Waals surface area contributed by atoms with Crippen molar-refractivity contribution < 1.29 is 4.74 Å². The second kappa shape index (κ2) is 5.59. The van der Waals surface area contributed by atoms with Crippen molar-refractivity contribution in [3.63, 3.8) is 0 Å². The number of hydrogen-bond donors (Lipinski definition) is 0. The average Bonchev–Trinajstić information content (AvgIpc) is 3.06. The third-order valence-corrected chi connectivity index (χ3v) is 5.94. The van der Waals surface area contributed by atoms with Crippen molar-refractivity contribution in [1.29, 1.82) is 0 Å². The first kappa shape index (κ1) is 14.8. The van der Waals surface area contributed by atoms with Crippen LogP contribution >= 0.6 is 0 Å². The topological polar surface area (TPSA) is 9.23 Å². The minimum absolute atomic E-state index is 0.246. The Morgan fingerprint density at radius 2 is 0.778 bits per heavy atom. The van der Waals surface area contributed by atoms with Crippen LogP contribution in [0, 0.1) is 0 Å². The quantitative estimate of drug-likeness (QED) is 0.371. The van der Waals surface area contributed by atoms with Gasteiger partial charge in [-0.25, -0.2) is 0 Å². The Balaban J connectivity index is 1.66. The number of fused-ring (bicyclic) bond motifs is 5. The molecule has 1 aliphatic heterocycles. The van der Waals surface area contributed by atoms with E-state index in [4.69, 9.17) is 4.74 Å². The Kier molecular flexibility index (Phi) is 3.06. The van der Waals surface area contributed by atoms with Gasteiger partial charge < -0.3 is 4.74 Å². The van der Waals surface area contributed by atoms with Gasteiger partial charge in [-0.2, -0.15) is 0 Å². The zero-order valence-electron chi connectivity index (χ0n) is 14.8. The Morgan fingerprint density at radius 1 is 0.407 bits per heavy atom. The van der Waals surface area contributed by atoms with Gasteiger partial charge in [-0.3, -0.25) is 0 Å². The number of benzene rings is 4. The number of hydrogen-bond acceptors (Lipinski definition) is 1. The summed E-state index contributed by atoms with van der Waals surface area (Å²) in [5.41, 5.74) is 8.09. The summed E-state index contributed by atoms with van der Waals surface area (Å²) < 4.78 is 6.24. The van der Waals surface area contributed by atoms with E-state index in [-0.39, 0.29) is 5.92 Å². The van der Waals surface area contributed by atoms with Crippen molar-refractivity contribution in [3.8, 4) is 22.6 Å². The highest BCUT2D eigenvalue weighted by Crippen LogP contribution is 2.57. The lowest BCUT2D eigenvalue weighted by Gasteiger charge is -2.33. The van der Waals surface area contributed by atoms with Gasteiger partial charge in [0.1, 0.15) is 11.5 Å². The van der Waals surface area contributed by atoms with E-state index in [1.807, 2.05) is 0 Å². The maximum atomic E-state index is 6.24. The zero-order chi connectivity index (χ0) is 17.8. The molecule has 1 heterocycles. The fourth-order valence-corrected chi connectivity index (χ4v) is 4.86. The molecule has 0 bridgehead atoms. The lowest BCUT2D eigenvalue weighted by atomic mass is 9.74. The molecule has 0 fully saturated rings. The van der Waals surface area contributed by atoms with Crippen LogP contribution < -0.4 is 4.74 Å². The van der Waals surface area contributed by atoms with E-state index in [1.165, 1.54) is 33.4 Å². The van der Waals surface area contributed by atoms with Gasteiger partial charge >= 0.3 is 0 Å². The minimum atomic E-state index is 0.246. The van der Waals surface area contributed by atoms with E-state index in [0.29, 0.717) is 5.92 Å². The highest BCUT2D eigenvalue weighted by molar-refractivity contribution is 5.80. The lowest BCUT2D eigenvalue weighted by Crippen LogP contribution is -2.17. The first-order chi connectivity index (χ1) is 13.4. The fourth-order valence-electron chi connectivity index (χ4n) is 4.86. The third-order valence-electron chi connectivity index (χ3n) is 5.94. The van der Waals surface area contributed by atoms with Gasteiger partial charge in [0.25, 0.3) is 0 Å². The Hall–Kier alpha value is -3.32. The van der Waals surface area contributed by atoms with Crippen LogP contribution in [-0.4, -0.2) is 0 Å². The van der Waals surface area contributed by atoms with E-state index in [9.17, 15) is 0 Å². The van der Waals surface area contributed by atoms with Crippen molar-refractivity contribution >= 4 is 0 Å². The monoisotopic (exact) mass is 346 g/mol. The second-order valence-electron chi connectivity index (χ2n) is 7.31. The minimum Gasteiger partial charge on any atom is -0.457 e. The van der Waals surface area contributed by atoms with Crippen molar-refractivity contribution in [2.75, 3.05) is 0 Å². The van der Waals surface area contributed by atoms with Crippen LogP contribution in [0.2, 0.25) is 0 Å². The normalized spacial score (nSPS) is 14.7. The summed E-state index contributed by atoms with van der Waals surface area (Å²) in [6.07, 6.45) is 0. The summed E-state index contributed by atoms with van der Waals surface area (Å²) in [6, 6.07) is 34.7. The smallest absolute Gasteiger partial charge is 0.131 e. The molecule has 0 spiro atoms. The molecule has 4 aromatic rings. The van der Waals surface area contributed by atoms with Gasteiger partial charge in [-0.15, -0.1) is 0 Å². The van der Waals surface area contributed by atoms with E-state index in [0.717, 1.165) is 11.5 Å². The molecule has 6 rings (SSSR count). The summed E-state index contributed by atoms with van der Waals surface area (Å²) in [4.78, 5) is 0. The van der Waals surface area contributed by atoms with Gasteiger partial charge in [0.15, 0.2) is 0 Å². The SMILES string of the molecule is c1ccc2c(c1)Oc1ccccc1C2C1c2ccccc2-c2ccccc21. The molecule has 128 valence electrons. The molecule has 1 heteroatoms. The maximum absolute atomic E-state index is 6.24. The molecule has 1 aliphatic carbocycles. The van der Waals surface area contributed by atoms with Gasteiger partial charge in [-0.1, -0.05) is 84.9 Å². The van der Waals surface area contributed by atoms with E-state index >= 15 is 0 Å². The molecule has 0 saturated heterocycles. The molecular formula is C26H18O. The van der Waals surface area contributed by atoms with Crippen molar-refractivity contribution in [2.24, 2.45) is 0 Å². The first-order valence-corrected chi connectivity index (χ1v) is 9.46. The number of rotatable bonds is 1.